The van der Waals surface area contributed by atoms with Gasteiger partial charge in [0.1, 0.15) is 0 Å². The first kappa shape index (κ1) is 21.8. The van der Waals surface area contributed by atoms with Crippen LogP contribution in [-0.2, 0) is 4.79 Å². The molecule has 4 aromatic rings. The number of hydrogen-bond acceptors (Lipinski definition) is 5. The van der Waals surface area contributed by atoms with Gasteiger partial charge in [-0.2, -0.15) is 5.10 Å². The van der Waals surface area contributed by atoms with Gasteiger partial charge in [0.15, 0.2) is 11.6 Å². The summed E-state index contributed by atoms with van der Waals surface area (Å²) in [5.41, 5.74) is 4.02. The van der Waals surface area contributed by atoms with E-state index in [1.54, 1.807) is 4.68 Å². The van der Waals surface area contributed by atoms with E-state index in [4.69, 9.17) is 0 Å². The van der Waals surface area contributed by atoms with Gasteiger partial charge in [-0.25, -0.2) is 4.68 Å². The highest BCUT2D eigenvalue weighted by molar-refractivity contribution is 5.87. The van der Waals surface area contributed by atoms with Crippen LogP contribution in [0.25, 0.3) is 5.82 Å². The summed E-state index contributed by atoms with van der Waals surface area (Å²) in [7, 11) is 0. The van der Waals surface area contributed by atoms with Gasteiger partial charge >= 0.3 is 0 Å². The van der Waals surface area contributed by atoms with Crippen LogP contribution in [-0.4, -0.2) is 57.0 Å². The van der Waals surface area contributed by atoms with Crippen molar-refractivity contribution >= 4 is 11.7 Å². The third kappa shape index (κ3) is 4.41. The number of aryl methyl sites for hydroxylation is 2. The van der Waals surface area contributed by atoms with Crippen molar-refractivity contribution in [2.45, 2.75) is 19.8 Å². The Bertz CT molecular complexity index is 1210. The number of hydrogen-bond donors (Lipinski definition) is 0. The molecule has 3 heterocycles. The third-order valence-electron chi connectivity index (χ3n) is 6.29. The quantitative estimate of drug-likeness (QED) is 0.461. The zero-order valence-corrected chi connectivity index (χ0v) is 19.5. The maximum absolute atomic E-state index is 13.6. The molecule has 7 heteroatoms. The van der Waals surface area contributed by atoms with Crippen LogP contribution in [0.5, 0.6) is 0 Å². The van der Waals surface area contributed by atoms with Crippen molar-refractivity contribution in [1.29, 1.82) is 0 Å². The van der Waals surface area contributed by atoms with Crippen LogP contribution in [0.3, 0.4) is 0 Å². The molecule has 172 valence electrons. The summed E-state index contributed by atoms with van der Waals surface area (Å²) in [6.07, 6.45) is 0. The number of nitrogens with zero attached hydrogens (tertiary/aromatic N) is 6. The Hall–Kier alpha value is -4.00. The minimum Gasteiger partial charge on any atom is -0.352 e. The molecular weight excluding hydrogens is 424 g/mol. The Balaban J connectivity index is 1.28. The Morgan fingerprint density at radius 2 is 1.32 bits per heavy atom. The second-order valence-electron chi connectivity index (χ2n) is 8.66. The Morgan fingerprint density at radius 3 is 1.82 bits per heavy atom. The van der Waals surface area contributed by atoms with Gasteiger partial charge in [0.25, 0.3) is 0 Å². The van der Waals surface area contributed by atoms with Crippen molar-refractivity contribution in [2.75, 3.05) is 31.1 Å². The van der Waals surface area contributed by atoms with Gasteiger partial charge < -0.3 is 9.80 Å². The average molecular weight is 453 g/mol. The molecule has 1 aliphatic rings. The predicted molar refractivity (Wildman–Crippen MR) is 132 cm³/mol. The molecule has 0 bridgehead atoms. The van der Waals surface area contributed by atoms with Crippen molar-refractivity contribution in [3.05, 3.63) is 101 Å². The molecule has 0 aliphatic carbocycles. The lowest BCUT2D eigenvalue weighted by Crippen LogP contribution is -2.50. The van der Waals surface area contributed by atoms with E-state index in [0.717, 1.165) is 41.4 Å². The Morgan fingerprint density at radius 1 is 0.765 bits per heavy atom. The average Bonchev–Trinajstić information content (AvgIpc) is 3.23. The van der Waals surface area contributed by atoms with E-state index < -0.39 is 0 Å². The maximum Gasteiger partial charge on any atom is 0.234 e. The Labute approximate surface area is 199 Å². The topological polar surface area (TPSA) is 67.2 Å². The lowest BCUT2D eigenvalue weighted by atomic mass is 9.90. The van der Waals surface area contributed by atoms with Crippen LogP contribution in [0.4, 0.5) is 5.82 Å². The zero-order valence-electron chi connectivity index (χ0n) is 19.5. The van der Waals surface area contributed by atoms with Crippen molar-refractivity contribution in [2.24, 2.45) is 0 Å². The normalized spacial score (nSPS) is 14.0. The molecule has 7 nitrogen and oxygen atoms in total. The fraction of sp³-hybridized carbons (Fsp3) is 0.259. The van der Waals surface area contributed by atoms with Gasteiger partial charge in [-0.3, -0.25) is 4.79 Å². The number of carbonyl (C=O) groups excluding carboxylic acids is 1. The van der Waals surface area contributed by atoms with E-state index in [1.807, 2.05) is 97.6 Å². The first-order chi connectivity index (χ1) is 16.6. The summed E-state index contributed by atoms with van der Waals surface area (Å²) in [6, 6.07) is 26.0. The van der Waals surface area contributed by atoms with Crippen LogP contribution in [0.2, 0.25) is 0 Å². The van der Waals surface area contributed by atoms with Crippen molar-refractivity contribution < 1.29 is 4.79 Å². The molecule has 1 amide bonds. The van der Waals surface area contributed by atoms with Crippen molar-refractivity contribution in [3.63, 3.8) is 0 Å². The van der Waals surface area contributed by atoms with Gasteiger partial charge in [-0.15, -0.1) is 10.2 Å². The van der Waals surface area contributed by atoms with Crippen LogP contribution < -0.4 is 4.90 Å². The van der Waals surface area contributed by atoms with Gasteiger partial charge in [-0.1, -0.05) is 60.7 Å². The number of aromatic nitrogens is 4. The number of rotatable bonds is 5. The SMILES string of the molecule is Cc1cc(C)n(-c2ccc(N3CCN(C(=O)C(c4ccccc4)c4ccccc4)CC3)nn2)n1. The highest BCUT2D eigenvalue weighted by Crippen LogP contribution is 2.27. The van der Waals surface area contributed by atoms with E-state index in [1.165, 1.54) is 0 Å². The second kappa shape index (κ2) is 9.47. The predicted octanol–water partition coefficient (Wildman–Crippen LogP) is 3.76. The number of amides is 1. The van der Waals surface area contributed by atoms with Gasteiger partial charge in [0.2, 0.25) is 5.91 Å². The number of carbonyl (C=O) groups is 1. The molecule has 0 unspecified atom stereocenters. The van der Waals surface area contributed by atoms with E-state index in [2.05, 4.69) is 20.2 Å². The van der Waals surface area contributed by atoms with Gasteiger partial charge in [-0.05, 0) is 43.2 Å². The standard InChI is InChI=1S/C27H28N6O/c1-20-19-21(2)33(30-20)25-14-13-24(28-29-25)31-15-17-32(18-16-31)27(34)26(22-9-5-3-6-10-22)23-11-7-4-8-12-23/h3-14,19,26H,15-18H2,1-2H3. The molecule has 34 heavy (non-hydrogen) atoms. The summed E-state index contributed by atoms with van der Waals surface area (Å²) in [5, 5.41) is 13.3. The van der Waals surface area contributed by atoms with E-state index in [9.17, 15) is 4.79 Å². The summed E-state index contributed by atoms with van der Waals surface area (Å²) >= 11 is 0. The monoisotopic (exact) mass is 452 g/mol. The molecule has 1 saturated heterocycles. The molecule has 2 aromatic heterocycles. The zero-order chi connectivity index (χ0) is 23.5. The van der Waals surface area contributed by atoms with Gasteiger partial charge in [0.05, 0.1) is 11.6 Å². The largest absolute Gasteiger partial charge is 0.352 e. The summed E-state index contributed by atoms with van der Waals surface area (Å²) in [4.78, 5) is 17.8. The van der Waals surface area contributed by atoms with Crippen LogP contribution in [0.1, 0.15) is 28.4 Å². The molecule has 0 spiro atoms. The minimum atomic E-state index is -0.297. The molecule has 0 radical (unpaired) electrons. The summed E-state index contributed by atoms with van der Waals surface area (Å²) in [5.74, 6) is 1.37. The fourth-order valence-electron chi connectivity index (χ4n) is 4.57. The lowest BCUT2D eigenvalue weighted by Gasteiger charge is -2.37. The Kier molecular flexibility index (Phi) is 6.08. The van der Waals surface area contributed by atoms with Crippen LogP contribution in [0.15, 0.2) is 78.9 Å². The molecule has 1 aliphatic heterocycles. The highest BCUT2D eigenvalue weighted by atomic mass is 16.2. The highest BCUT2D eigenvalue weighted by Gasteiger charge is 2.30. The van der Waals surface area contributed by atoms with E-state index in [0.29, 0.717) is 18.9 Å². The smallest absolute Gasteiger partial charge is 0.234 e. The molecule has 5 rings (SSSR count). The summed E-state index contributed by atoms with van der Waals surface area (Å²) in [6.45, 7) is 6.70. The summed E-state index contributed by atoms with van der Waals surface area (Å²) < 4.78 is 1.80. The lowest BCUT2D eigenvalue weighted by molar-refractivity contribution is -0.132. The molecular formula is C27H28N6O. The molecule has 0 N–H and O–H groups in total. The minimum absolute atomic E-state index is 0.142. The number of benzene rings is 2. The first-order valence-corrected chi connectivity index (χ1v) is 11.6. The molecule has 2 aromatic carbocycles. The third-order valence-corrected chi connectivity index (χ3v) is 6.29. The maximum atomic E-state index is 13.6. The van der Waals surface area contributed by atoms with Gasteiger partial charge in [0, 0.05) is 31.9 Å². The molecule has 0 atom stereocenters. The fourth-order valence-corrected chi connectivity index (χ4v) is 4.57. The molecule has 1 fully saturated rings. The van der Waals surface area contributed by atoms with Crippen LogP contribution >= 0.6 is 0 Å². The van der Waals surface area contributed by atoms with Crippen molar-refractivity contribution in [3.8, 4) is 5.82 Å². The number of piperazine rings is 1. The first-order valence-electron chi connectivity index (χ1n) is 11.6. The van der Waals surface area contributed by atoms with Crippen LogP contribution in [0, 0.1) is 13.8 Å². The van der Waals surface area contributed by atoms with E-state index >= 15 is 0 Å². The molecule has 0 saturated carbocycles. The van der Waals surface area contributed by atoms with Crippen molar-refractivity contribution in [1.82, 2.24) is 24.9 Å². The number of anilines is 1. The van der Waals surface area contributed by atoms with E-state index in [-0.39, 0.29) is 11.8 Å². The second-order valence-corrected chi connectivity index (χ2v) is 8.66.